The van der Waals surface area contributed by atoms with E-state index in [4.69, 9.17) is 0 Å². The van der Waals surface area contributed by atoms with Gasteiger partial charge in [-0.25, -0.2) is 0 Å². The Bertz CT molecular complexity index is 45.6. The molecule has 1 aliphatic rings. The van der Waals surface area contributed by atoms with Crippen molar-refractivity contribution in [3.63, 3.8) is 0 Å². The van der Waals surface area contributed by atoms with Gasteiger partial charge in [0.25, 0.3) is 0 Å². The fourth-order valence-electron chi connectivity index (χ4n) is 0.263. The number of rotatable bonds is 1. The smallest absolute Gasteiger partial charge is 0.0192 e. The Hall–Kier alpha value is 0.170. The first kappa shape index (κ1) is 3.36. The van der Waals surface area contributed by atoms with Gasteiger partial charge >= 0.3 is 0 Å². The molecule has 0 bridgehead atoms. The Balaban J connectivity index is 2.21. The predicted molar refractivity (Wildman–Crippen MR) is 27.1 cm³/mol. The van der Waals surface area contributed by atoms with Crippen LogP contribution in [0.2, 0.25) is 0 Å². The molecule has 28 valence electrons. The van der Waals surface area contributed by atoms with E-state index in [1.54, 1.807) is 0 Å². The Morgan fingerprint density at radius 2 is 2.20 bits per heavy atom. The summed E-state index contributed by atoms with van der Waals surface area (Å²) in [6.45, 7) is 0. The van der Waals surface area contributed by atoms with Crippen LogP contribution in [-0.2, 0) is 0 Å². The molecule has 0 atom stereocenters. The van der Waals surface area contributed by atoms with Crippen LogP contribution in [0.25, 0.3) is 0 Å². The summed E-state index contributed by atoms with van der Waals surface area (Å²) in [6.07, 6.45) is 2.81. The molecule has 0 N–H and O–H groups in total. The molecule has 0 heterocycles. The van der Waals surface area contributed by atoms with Gasteiger partial charge in [-0.3, -0.25) is 0 Å². The second kappa shape index (κ2) is 1.10. The molecule has 1 aliphatic carbocycles. The summed E-state index contributed by atoms with van der Waals surface area (Å²) >= 11 is 0. The van der Waals surface area contributed by atoms with Crippen LogP contribution < -0.4 is 0 Å². The van der Waals surface area contributed by atoms with Crippen LogP contribution in [0.4, 0.5) is 0 Å². The van der Waals surface area contributed by atoms with E-state index in [2.05, 4.69) is 14.7 Å². The van der Waals surface area contributed by atoms with E-state index in [-0.39, 0.29) is 0 Å². The van der Waals surface area contributed by atoms with Gasteiger partial charge in [-0.15, -0.1) is 8.86 Å². The third kappa shape index (κ3) is 0.735. The third-order valence-electron chi connectivity index (χ3n) is 0.858. The van der Waals surface area contributed by atoms with Crippen molar-refractivity contribution in [1.82, 2.24) is 0 Å². The standard InChI is InChI=1S/C4H7P/c5-3-4-1-2-4/h3-5H,1-2H2. The molecule has 0 aliphatic heterocycles. The second-order valence-electron chi connectivity index (χ2n) is 1.50. The number of hydrogen-bond acceptors (Lipinski definition) is 0. The molecule has 1 fully saturated rings. The van der Waals surface area contributed by atoms with Crippen LogP contribution in [0.3, 0.4) is 0 Å². The maximum atomic E-state index is 3.29. The molecular formula is C4H7P. The van der Waals surface area contributed by atoms with Crippen LogP contribution in [-0.4, -0.2) is 5.80 Å². The lowest BCUT2D eigenvalue weighted by Crippen LogP contribution is -1.61. The molecule has 5 heavy (non-hydrogen) atoms. The third-order valence-corrected chi connectivity index (χ3v) is 1.33. The molecule has 0 nitrogen and oxygen atoms in total. The van der Waals surface area contributed by atoms with Gasteiger partial charge in [-0.1, -0.05) is 5.80 Å². The first-order valence-corrected chi connectivity index (χ1v) is 2.52. The van der Waals surface area contributed by atoms with E-state index < -0.39 is 0 Å². The highest BCUT2D eigenvalue weighted by molar-refractivity contribution is 7.18. The number of hydrogen-bond donors (Lipinski definition) is 0. The summed E-state index contributed by atoms with van der Waals surface area (Å²) in [4.78, 5) is 0. The average Bonchev–Trinajstić information content (AvgIpc) is 2.12. The van der Waals surface area contributed by atoms with E-state index in [1.165, 1.54) is 12.8 Å². The van der Waals surface area contributed by atoms with Crippen LogP contribution in [0.1, 0.15) is 12.8 Å². The van der Waals surface area contributed by atoms with Crippen LogP contribution >= 0.6 is 8.86 Å². The molecule has 0 amide bonds. The molecule has 0 unspecified atom stereocenters. The molecular weight excluding hydrogens is 79.0 g/mol. The minimum absolute atomic E-state index is 0.923. The minimum atomic E-state index is 0.923. The van der Waals surface area contributed by atoms with Crippen molar-refractivity contribution in [2.24, 2.45) is 5.92 Å². The van der Waals surface area contributed by atoms with Crippen molar-refractivity contribution in [3.05, 3.63) is 0 Å². The first-order chi connectivity index (χ1) is 2.43. The van der Waals surface area contributed by atoms with Crippen LogP contribution in [0.5, 0.6) is 0 Å². The SMILES string of the molecule is P=CC1CC1. The molecule has 1 rings (SSSR count). The maximum Gasteiger partial charge on any atom is -0.0192 e. The normalized spacial score (nSPS) is 22.4. The van der Waals surface area contributed by atoms with E-state index in [9.17, 15) is 0 Å². The average molecular weight is 86.1 g/mol. The van der Waals surface area contributed by atoms with Crippen molar-refractivity contribution in [3.8, 4) is 0 Å². The molecule has 0 aromatic carbocycles. The van der Waals surface area contributed by atoms with Crippen molar-refractivity contribution in [2.45, 2.75) is 12.8 Å². The first-order valence-electron chi connectivity index (χ1n) is 1.94. The monoisotopic (exact) mass is 86.0 g/mol. The molecule has 0 aromatic heterocycles. The van der Waals surface area contributed by atoms with Gasteiger partial charge in [0.1, 0.15) is 0 Å². The van der Waals surface area contributed by atoms with E-state index >= 15 is 0 Å². The topological polar surface area (TPSA) is 0 Å². The van der Waals surface area contributed by atoms with Gasteiger partial charge in [0.15, 0.2) is 0 Å². The van der Waals surface area contributed by atoms with E-state index in [0.29, 0.717) is 0 Å². The lowest BCUT2D eigenvalue weighted by Gasteiger charge is -1.62. The Morgan fingerprint density at radius 1 is 1.60 bits per heavy atom. The molecule has 0 spiro atoms. The van der Waals surface area contributed by atoms with Gasteiger partial charge in [-0.2, -0.15) is 0 Å². The highest BCUT2D eigenvalue weighted by atomic mass is 31.0. The lowest BCUT2D eigenvalue weighted by atomic mass is 10.5. The van der Waals surface area contributed by atoms with Crippen molar-refractivity contribution in [2.75, 3.05) is 0 Å². The largest absolute Gasteiger partial charge is 0.126 e. The highest BCUT2D eigenvalue weighted by Gasteiger charge is 2.15. The Morgan fingerprint density at radius 3 is 2.20 bits per heavy atom. The molecule has 0 aromatic rings. The second-order valence-corrected chi connectivity index (χ2v) is 1.84. The summed E-state index contributed by atoms with van der Waals surface area (Å²) in [5.74, 6) is 3.01. The van der Waals surface area contributed by atoms with Crippen molar-refractivity contribution < 1.29 is 0 Å². The fourth-order valence-corrected chi connectivity index (χ4v) is 0.596. The predicted octanol–water partition coefficient (Wildman–Crippen LogP) is 1.34. The highest BCUT2D eigenvalue weighted by Crippen LogP contribution is 2.26. The summed E-state index contributed by atoms with van der Waals surface area (Å²) < 4.78 is 0. The Kier molecular flexibility index (Phi) is 0.740. The zero-order valence-corrected chi connectivity index (χ0v) is 4.07. The molecule has 0 saturated heterocycles. The fraction of sp³-hybridized carbons (Fsp3) is 0.750. The zero-order chi connectivity index (χ0) is 3.70. The lowest BCUT2D eigenvalue weighted by molar-refractivity contribution is 1.27. The van der Waals surface area contributed by atoms with Gasteiger partial charge in [0.05, 0.1) is 0 Å². The minimum Gasteiger partial charge on any atom is -0.126 e. The summed E-state index contributed by atoms with van der Waals surface area (Å²) in [6, 6.07) is 0. The Labute approximate surface area is 34.4 Å². The quantitative estimate of drug-likeness (QED) is 0.422. The van der Waals surface area contributed by atoms with Gasteiger partial charge in [0.2, 0.25) is 0 Å². The van der Waals surface area contributed by atoms with E-state index in [1.807, 2.05) is 0 Å². The van der Waals surface area contributed by atoms with Crippen molar-refractivity contribution in [1.29, 1.82) is 0 Å². The molecule has 1 heteroatoms. The van der Waals surface area contributed by atoms with Gasteiger partial charge in [0, 0.05) is 0 Å². The molecule has 1 saturated carbocycles. The van der Waals surface area contributed by atoms with Crippen LogP contribution in [0.15, 0.2) is 0 Å². The van der Waals surface area contributed by atoms with Gasteiger partial charge in [-0.05, 0) is 18.8 Å². The zero-order valence-electron chi connectivity index (χ0n) is 3.07. The maximum absolute atomic E-state index is 3.29. The summed E-state index contributed by atoms with van der Waals surface area (Å²) in [7, 11) is 3.29. The van der Waals surface area contributed by atoms with E-state index in [0.717, 1.165) is 5.92 Å². The summed E-state index contributed by atoms with van der Waals surface area (Å²) in [5.41, 5.74) is 0. The van der Waals surface area contributed by atoms with Crippen molar-refractivity contribution >= 4 is 14.7 Å². The van der Waals surface area contributed by atoms with Crippen LogP contribution in [0, 0.1) is 5.92 Å². The summed E-state index contributed by atoms with van der Waals surface area (Å²) in [5, 5.41) is 0. The molecule has 0 radical (unpaired) electrons. The van der Waals surface area contributed by atoms with Gasteiger partial charge < -0.3 is 0 Å².